The topological polar surface area (TPSA) is 30.0 Å². The lowest BCUT2D eigenvalue weighted by molar-refractivity contribution is 0.103. The zero-order valence-corrected chi connectivity index (χ0v) is 9.47. The van der Waals surface area contributed by atoms with E-state index in [1.807, 2.05) is 30.3 Å². The normalized spacial score (nSPS) is 9.88. The van der Waals surface area contributed by atoms with E-state index in [-0.39, 0.29) is 5.78 Å². The van der Waals surface area contributed by atoms with Crippen molar-refractivity contribution < 1.29 is 4.79 Å². The van der Waals surface area contributed by atoms with E-state index in [1.54, 1.807) is 24.5 Å². The molecule has 1 aromatic carbocycles. The maximum atomic E-state index is 12.1. The first kappa shape index (κ1) is 11.3. The molecule has 0 bridgehead atoms. The number of carbonyl (C=O) groups excluding carboxylic acids is 1. The third kappa shape index (κ3) is 2.67. The van der Waals surface area contributed by atoms with E-state index in [9.17, 15) is 4.79 Å². The summed E-state index contributed by atoms with van der Waals surface area (Å²) in [7, 11) is 0. The molecular formula is C15H13NO. The average molecular weight is 223 g/mol. The van der Waals surface area contributed by atoms with Crippen molar-refractivity contribution in [2.24, 2.45) is 0 Å². The number of nitrogens with zero attached hydrogens (tertiary/aromatic N) is 1. The summed E-state index contributed by atoms with van der Waals surface area (Å²) in [5.41, 5.74) is 2.46. The van der Waals surface area contributed by atoms with E-state index < -0.39 is 0 Å². The van der Waals surface area contributed by atoms with Gasteiger partial charge in [0.2, 0.25) is 0 Å². The van der Waals surface area contributed by atoms with Gasteiger partial charge in [-0.15, -0.1) is 6.58 Å². The van der Waals surface area contributed by atoms with Crippen molar-refractivity contribution in [1.29, 1.82) is 0 Å². The maximum absolute atomic E-state index is 12.1. The Hall–Kier alpha value is -2.22. The highest BCUT2D eigenvalue weighted by atomic mass is 16.1. The Morgan fingerprint density at radius 1 is 1.18 bits per heavy atom. The van der Waals surface area contributed by atoms with Crippen LogP contribution in [0.1, 0.15) is 21.5 Å². The number of rotatable bonds is 4. The van der Waals surface area contributed by atoms with E-state index in [1.165, 1.54) is 0 Å². The van der Waals surface area contributed by atoms with Gasteiger partial charge in [-0.25, -0.2) is 0 Å². The second-order valence-electron chi connectivity index (χ2n) is 3.76. The molecule has 1 aromatic heterocycles. The Morgan fingerprint density at radius 3 is 2.53 bits per heavy atom. The second-order valence-corrected chi connectivity index (χ2v) is 3.76. The van der Waals surface area contributed by atoms with Crippen LogP contribution < -0.4 is 0 Å². The summed E-state index contributed by atoms with van der Waals surface area (Å²) in [6.07, 6.45) is 5.91. The summed E-state index contributed by atoms with van der Waals surface area (Å²) in [6, 6.07) is 11.1. The highest BCUT2D eigenvalue weighted by Crippen LogP contribution is 2.10. The smallest absolute Gasteiger partial charge is 0.194 e. The van der Waals surface area contributed by atoms with Gasteiger partial charge in [-0.1, -0.05) is 30.3 Å². The Bertz CT molecular complexity index is 514. The highest BCUT2D eigenvalue weighted by Gasteiger charge is 2.08. The van der Waals surface area contributed by atoms with Gasteiger partial charge in [0.05, 0.1) is 0 Å². The third-order valence-corrected chi connectivity index (χ3v) is 2.52. The molecule has 0 aliphatic carbocycles. The molecule has 2 aromatic rings. The Balaban J connectivity index is 2.23. The van der Waals surface area contributed by atoms with Crippen molar-refractivity contribution in [1.82, 2.24) is 4.98 Å². The fourth-order valence-corrected chi connectivity index (χ4v) is 1.62. The monoisotopic (exact) mass is 223 g/mol. The van der Waals surface area contributed by atoms with Gasteiger partial charge in [0.15, 0.2) is 5.78 Å². The van der Waals surface area contributed by atoms with Crippen LogP contribution in [-0.4, -0.2) is 10.8 Å². The number of carbonyl (C=O) groups is 1. The first-order chi connectivity index (χ1) is 8.31. The molecule has 2 rings (SSSR count). The van der Waals surface area contributed by atoms with Gasteiger partial charge in [-0.2, -0.15) is 0 Å². The minimum absolute atomic E-state index is 0.00301. The molecule has 17 heavy (non-hydrogen) atoms. The number of ketones is 1. The van der Waals surface area contributed by atoms with Crippen molar-refractivity contribution in [3.05, 3.63) is 78.1 Å². The summed E-state index contributed by atoms with van der Waals surface area (Å²) in [4.78, 5) is 16.0. The molecule has 1 heterocycles. The standard InChI is InChI=1S/C15H13NO/c1-2-4-12-6-8-13(9-7-12)15(17)14-5-3-10-16-11-14/h2-3,5-11H,1,4H2. The Kier molecular flexibility index (Phi) is 3.46. The quantitative estimate of drug-likeness (QED) is 0.589. The fourth-order valence-electron chi connectivity index (χ4n) is 1.62. The average Bonchev–Trinajstić information content (AvgIpc) is 2.40. The molecule has 0 saturated carbocycles. The Labute approximate surface area is 101 Å². The third-order valence-electron chi connectivity index (χ3n) is 2.52. The van der Waals surface area contributed by atoms with E-state index in [0.717, 1.165) is 12.0 Å². The van der Waals surface area contributed by atoms with Gasteiger partial charge >= 0.3 is 0 Å². The summed E-state index contributed by atoms with van der Waals surface area (Å²) < 4.78 is 0. The molecule has 0 amide bonds. The van der Waals surface area contributed by atoms with Crippen LogP contribution in [0.5, 0.6) is 0 Å². The zero-order valence-electron chi connectivity index (χ0n) is 9.47. The largest absolute Gasteiger partial charge is 0.289 e. The molecule has 0 aliphatic rings. The first-order valence-electron chi connectivity index (χ1n) is 5.46. The molecule has 0 spiro atoms. The van der Waals surface area contributed by atoms with Crippen LogP contribution in [0.3, 0.4) is 0 Å². The van der Waals surface area contributed by atoms with Crippen LogP contribution in [0.15, 0.2) is 61.4 Å². The fraction of sp³-hybridized carbons (Fsp3) is 0.0667. The van der Waals surface area contributed by atoms with Crippen LogP contribution in [0, 0.1) is 0 Å². The van der Waals surface area contributed by atoms with Gasteiger partial charge in [0.25, 0.3) is 0 Å². The molecule has 2 heteroatoms. The predicted molar refractivity (Wildman–Crippen MR) is 68.0 cm³/mol. The number of pyridine rings is 1. The second kappa shape index (κ2) is 5.21. The number of allylic oxidation sites excluding steroid dienone is 1. The predicted octanol–water partition coefficient (Wildman–Crippen LogP) is 3.04. The van der Waals surface area contributed by atoms with E-state index in [2.05, 4.69) is 11.6 Å². The maximum Gasteiger partial charge on any atom is 0.194 e. The van der Waals surface area contributed by atoms with Crippen LogP contribution in [0.2, 0.25) is 0 Å². The van der Waals surface area contributed by atoms with E-state index in [0.29, 0.717) is 11.1 Å². The molecule has 0 saturated heterocycles. The van der Waals surface area contributed by atoms with Crippen molar-refractivity contribution in [2.45, 2.75) is 6.42 Å². The zero-order chi connectivity index (χ0) is 12.1. The van der Waals surface area contributed by atoms with Gasteiger partial charge in [0.1, 0.15) is 0 Å². The van der Waals surface area contributed by atoms with Gasteiger partial charge < -0.3 is 0 Å². The number of benzene rings is 1. The van der Waals surface area contributed by atoms with Gasteiger partial charge in [-0.05, 0) is 24.1 Å². The SMILES string of the molecule is C=CCc1ccc(C(=O)c2cccnc2)cc1. The summed E-state index contributed by atoms with van der Waals surface area (Å²) in [5.74, 6) is 0.00301. The van der Waals surface area contributed by atoms with Crippen LogP contribution in [0.25, 0.3) is 0 Å². The lowest BCUT2D eigenvalue weighted by Gasteiger charge is -2.02. The van der Waals surface area contributed by atoms with Crippen molar-refractivity contribution in [2.75, 3.05) is 0 Å². The molecule has 0 fully saturated rings. The lowest BCUT2D eigenvalue weighted by Crippen LogP contribution is -2.01. The molecule has 0 aliphatic heterocycles. The molecule has 0 N–H and O–H groups in total. The summed E-state index contributed by atoms with van der Waals surface area (Å²) in [6.45, 7) is 3.69. The molecule has 0 atom stereocenters. The Morgan fingerprint density at radius 2 is 1.94 bits per heavy atom. The first-order valence-corrected chi connectivity index (χ1v) is 5.46. The number of hydrogen-bond acceptors (Lipinski definition) is 2. The molecular weight excluding hydrogens is 210 g/mol. The van der Waals surface area contributed by atoms with Gasteiger partial charge in [0, 0.05) is 23.5 Å². The number of aromatic nitrogens is 1. The minimum atomic E-state index is 0.00301. The molecule has 84 valence electrons. The molecule has 2 nitrogen and oxygen atoms in total. The molecule has 0 unspecified atom stereocenters. The van der Waals surface area contributed by atoms with Crippen LogP contribution in [0.4, 0.5) is 0 Å². The lowest BCUT2D eigenvalue weighted by atomic mass is 10.0. The summed E-state index contributed by atoms with van der Waals surface area (Å²) >= 11 is 0. The van der Waals surface area contributed by atoms with Gasteiger partial charge in [-0.3, -0.25) is 9.78 Å². The van der Waals surface area contributed by atoms with Crippen molar-refractivity contribution in [3.63, 3.8) is 0 Å². The number of hydrogen-bond donors (Lipinski definition) is 0. The minimum Gasteiger partial charge on any atom is -0.289 e. The van der Waals surface area contributed by atoms with Crippen LogP contribution in [-0.2, 0) is 6.42 Å². The molecule has 0 radical (unpaired) electrons. The van der Waals surface area contributed by atoms with Crippen molar-refractivity contribution >= 4 is 5.78 Å². The highest BCUT2D eigenvalue weighted by molar-refractivity contribution is 6.08. The van der Waals surface area contributed by atoms with Crippen LogP contribution >= 0.6 is 0 Å². The van der Waals surface area contributed by atoms with Crippen molar-refractivity contribution in [3.8, 4) is 0 Å². The van der Waals surface area contributed by atoms with E-state index in [4.69, 9.17) is 0 Å². The summed E-state index contributed by atoms with van der Waals surface area (Å²) in [5, 5.41) is 0. The van der Waals surface area contributed by atoms with E-state index >= 15 is 0 Å².